The Morgan fingerprint density at radius 3 is 2.90 bits per heavy atom. The van der Waals surface area contributed by atoms with Crippen molar-refractivity contribution in [2.24, 2.45) is 0 Å². The summed E-state index contributed by atoms with van der Waals surface area (Å²) in [6, 6.07) is 9.04. The van der Waals surface area contributed by atoms with Crippen molar-refractivity contribution in [3.63, 3.8) is 0 Å². The summed E-state index contributed by atoms with van der Waals surface area (Å²) in [5, 5.41) is 4.82. The first kappa shape index (κ1) is 15.8. The molecule has 2 heteroatoms. The largest absolute Gasteiger partial charge is 0.347 e. The lowest BCUT2D eigenvalue weighted by Gasteiger charge is -2.08. The standard InChI is InChI=1S/C19H28N2/c1-3-5-6-7-8-13-21-14-11-18-10-9-17(15-19(18)21)16-20-12-4-2/h3,9-11,14-15,20H,1,4-8,12-13,16H2,2H3. The minimum atomic E-state index is 0.967. The maximum absolute atomic E-state index is 3.78. The van der Waals surface area contributed by atoms with Gasteiger partial charge in [-0.1, -0.05) is 31.6 Å². The van der Waals surface area contributed by atoms with Crippen LogP contribution in [0.2, 0.25) is 0 Å². The quantitative estimate of drug-likeness (QED) is 0.485. The van der Waals surface area contributed by atoms with Gasteiger partial charge < -0.3 is 9.88 Å². The third kappa shape index (κ3) is 4.75. The summed E-state index contributed by atoms with van der Waals surface area (Å²) in [7, 11) is 0. The molecular formula is C19H28N2. The first-order chi connectivity index (χ1) is 10.3. The van der Waals surface area contributed by atoms with Crippen LogP contribution in [-0.2, 0) is 13.1 Å². The van der Waals surface area contributed by atoms with Gasteiger partial charge >= 0.3 is 0 Å². The Morgan fingerprint density at radius 2 is 2.10 bits per heavy atom. The van der Waals surface area contributed by atoms with Crippen LogP contribution in [0.5, 0.6) is 0 Å². The zero-order valence-corrected chi connectivity index (χ0v) is 13.3. The molecule has 114 valence electrons. The number of allylic oxidation sites excluding steroid dienone is 1. The van der Waals surface area contributed by atoms with Gasteiger partial charge in [-0.15, -0.1) is 6.58 Å². The monoisotopic (exact) mass is 284 g/mol. The van der Waals surface area contributed by atoms with E-state index < -0.39 is 0 Å². The molecule has 0 saturated carbocycles. The number of fused-ring (bicyclic) bond motifs is 1. The zero-order valence-electron chi connectivity index (χ0n) is 13.3. The molecule has 2 rings (SSSR count). The van der Waals surface area contributed by atoms with Gasteiger partial charge in [0.15, 0.2) is 0 Å². The summed E-state index contributed by atoms with van der Waals surface area (Å²) < 4.78 is 2.40. The van der Waals surface area contributed by atoms with E-state index in [4.69, 9.17) is 0 Å². The topological polar surface area (TPSA) is 17.0 Å². The van der Waals surface area contributed by atoms with E-state index in [1.807, 2.05) is 6.08 Å². The van der Waals surface area contributed by atoms with Crippen molar-refractivity contribution in [3.8, 4) is 0 Å². The molecule has 0 aliphatic carbocycles. The van der Waals surface area contributed by atoms with Gasteiger partial charge in [-0.3, -0.25) is 0 Å². The van der Waals surface area contributed by atoms with Gasteiger partial charge in [0.2, 0.25) is 0 Å². The maximum Gasteiger partial charge on any atom is 0.0483 e. The van der Waals surface area contributed by atoms with Crippen LogP contribution in [0.3, 0.4) is 0 Å². The van der Waals surface area contributed by atoms with Crippen molar-refractivity contribution in [1.29, 1.82) is 0 Å². The molecule has 0 amide bonds. The molecule has 0 fully saturated rings. The molecule has 0 radical (unpaired) electrons. The number of aromatic nitrogens is 1. The van der Waals surface area contributed by atoms with Crippen molar-refractivity contribution < 1.29 is 0 Å². The van der Waals surface area contributed by atoms with Crippen molar-refractivity contribution in [2.75, 3.05) is 6.54 Å². The van der Waals surface area contributed by atoms with Crippen LogP contribution >= 0.6 is 0 Å². The van der Waals surface area contributed by atoms with Gasteiger partial charge in [-0.25, -0.2) is 0 Å². The molecule has 21 heavy (non-hydrogen) atoms. The Hall–Kier alpha value is -1.54. The summed E-state index contributed by atoms with van der Waals surface area (Å²) in [5.74, 6) is 0. The van der Waals surface area contributed by atoms with Crippen molar-refractivity contribution in [1.82, 2.24) is 9.88 Å². The molecule has 0 atom stereocenters. The highest BCUT2D eigenvalue weighted by atomic mass is 14.9. The lowest BCUT2D eigenvalue weighted by atomic mass is 10.1. The van der Waals surface area contributed by atoms with E-state index in [-0.39, 0.29) is 0 Å². The van der Waals surface area contributed by atoms with E-state index in [9.17, 15) is 0 Å². The molecule has 0 saturated heterocycles. The van der Waals surface area contributed by atoms with E-state index in [2.05, 4.69) is 53.8 Å². The van der Waals surface area contributed by atoms with E-state index in [0.717, 1.165) is 26.1 Å². The molecule has 1 heterocycles. The predicted molar refractivity (Wildman–Crippen MR) is 92.6 cm³/mol. The maximum atomic E-state index is 3.78. The fourth-order valence-electron chi connectivity index (χ4n) is 2.69. The number of rotatable bonds is 10. The molecule has 2 aromatic rings. The summed E-state index contributed by atoms with van der Waals surface area (Å²) in [4.78, 5) is 0. The summed E-state index contributed by atoms with van der Waals surface area (Å²) in [6.07, 6.45) is 10.3. The van der Waals surface area contributed by atoms with Crippen LogP contribution in [0.1, 0.15) is 44.6 Å². The van der Waals surface area contributed by atoms with Crippen LogP contribution in [-0.4, -0.2) is 11.1 Å². The second-order valence-electron chi connectivity index (χ2n) is 5.72. The SMILES string of the molecule is C=CCCCCCn1ccc2ccc(CNCCC)cc21. The third-order valence-corrected chi connectivity index (χ3v) is 3.90. The molecule has 2 nitrogen and oxygen atoms in total. The lowest BCUT2D eigenvalue weighted by Crippen LogP contribution is -2.13. The first-order valence-corrected chi connectivity index (χ1v) is 8.24. The van der Waals surface area contributed by atoms with Crippen molar-refractivity contribution >= 4 is 10.9 Å². The molecule has 1 aromatic carbocycles. The van der Waals surface area contributed by atoms with Gasteiger partial charge in [-0.2, -0.15) is 0 Å². The molecule has 0 unspecified atom stereocenters. The van der Waals surface area contributed by atoms with Gasteiger partial charge in [0.25, 0.3) is 0 Å². The minimum Gasteiger partial charge on any atom is -0.347 e. The smallest absolute Gasteiger partial charge is 0.0483 e. The molecule has 0 aliphatic rings. The number of unbranched alkanes of at least 4 members (excludes halogenated alkanes) is 3. The van der Waals surface area contributed by atoms with Crippen LogP contribution in [0.15, 0.2) is 43.1 Å². The van der Waals surface area contributed by atoms with E-state index in [1.165, 1.54) is 42.1 Å². The number of aryl methyl sites for hydroxylation is 1. The summed E-state index contributed by atoms with van der Waals surface area (Å²) in [5.41, 5.74) is 2.75. The normalized spacial score (nSPS) is 11.1. The van der Waals surface area contributed by atoms with Gasteiger partial charge in [0.1, 0.15) is 0 Å². The number of nitrogens with zero attached hydrogens (tertiary/aromatic N) is 1. The second kappa shape index (κ2) is 8.68. The van der Waals surface area contributed by atoms with E-state index in [0.29, 0.717) is 0 Å². The molecule has 0 bridgehead atoms. The van der Waals surface area contributed by atoms with Crippen LogP contribution in [0.4, 0.5) is 0 Å². The Balaban J connectivity index is 1.96. The fraction of sp³-hybridized carbons (Fsp3) is 0.474. The summed E-state index contributed by atoms with van der Waals surface area (Å²) in [6.45, 7) is 9.15. The fourth-order valence-corrected chi connectivity index (χ4v) is 2.69. The highest BCUT2D eigenvalue weighted by molar-refractivity contribution is 5.80. The zero-order chi connectivity index (χ0) is 14.9. The van der Waals surface area contributed by atoms with Crippen molar-refractivity contribution in [2.45, 2.75) is 52.1 Å². The lowest BCUT2D eigenvalue weighted by molar-refractivity contribution is 0.603. The third-order valence-electron chi connectivity index (χ3n) is 3.90. The highest BCUT2D eigenvalue weighted by Crippen LogP contribution is 2.19. The summed E-state index contributed by atoms with van der Waals surface area (Å²) >= 11 is 0. The molecule has 1 aromatic heterocycles. The van der Waals surface area contributed by atoms with Gasteiger partial charge in [-0.05, 0) is 55.3 Å². The van der Waals surface area contributed by atoms with Gasteiger partial charge in [0, 0.05) is 24.8 Å². The predicted octanol–water partition coefficient (Wildman–Crippen LogP) is 4.89. The minimum absolute atomic E-state index is 0.967. The second-order valence-corrected chi connectivity index (χ2v) is 5.72. The Labute approximate surface area is 128 Å². The van der Waals surface area contributed by atoms with Crippen molar-refractivity contribution in [3.05, 3.63) is 48.7 Å². The molecular weight excluding hydrogens is 256 g/mol. The van der Waals surface area contributed by atoms with E-state index >= 15 is 0 Å². The molecule has 0 spiro atoms. The molecule has 0 aliphatic heterocycles. The molecule has 1 N–H and O–H groups in total. The van der Waals surface area contributed by atoms with Crippen LogP contribution < -0.4 is 5.32 Å². The highest BCUT2D eigenvalue weighted by Gasteiger charge is 2.02. The first-order valence-electron chi connectivity index (χ1n) is 8.24. The number of nitrogens with one attached hydrogen (secondary N) is 1. The Kier molecular flexibility index (Phi) is 6.55. The Morgan fingerprint density at radius 1 is 1.19 bits per heavy atom. The van der Waals surface area contributed by atoms with Crippen LogP contribution in [0, 0.1) is 0 Å². The number of hydrogen-bond acceptors (Lipinski definition) is 1. The van der Waals surface area contributed by atoms with Gasteiger partial charge in [0.05, 0.1) is 0 Å². The average Bonchev–Trinajstić information content (AvgIpc) is 2.90. The average molecular weight is 284 g/mol. The Bertz CT molecular complexity index is 554. The van der Waals surface area contributed by atoms with Crippen LogP contribution in [0.25, 0.3) is 10.9 Å². The van der Waals surface area contributed by atoms with E-state index in [1.54, 1.807) is 0 Å². The number of hydrogen-bond donors (Lipinski definition) is 1. The number of benzene rings is 1.